The van der Waals surface area contributed by atoms with E-state index >= 15 is 0 Å². The molecule has 3 heterocycles. The molecule has 0 bridgehead atoms. The standard InChI is InChI=1S/C23H30N8O/c1-5-18(24)17-10-16(8-9-19(17)25-6-2)32-23-20-22(28-13-29-23)31(7-3)21(30-20)15-11-26-14(4)27-12-15/h11-13,16H,5-10,24H2,1-4H3. The summed E-state index contributed by atoms with van der Waals surface area (Å²) in [5, 5.41) is 0. The fourth-order valence-corrected chi connectivity index (χ4v) is 4.08. The van der Waals surface area contributed by atoms with E-state index in [2.05, 4.69) is 38.8 Å². The van der Waals surface area contributed by atoms with Crippen LogP contribution in [0.15, 0.2) is 35.0 Å². The van der Waals surface area contributed by atoms with Crippen molar-refractivity contribution in [3.63, 3.8) is 0 Å². The molecule has 0 spiro atoms. The average molecular weight is 435 g/mol. The lowest BCUT2D eigenvalue weighted by molar-refractivity contribution is 0.184. The number of imidazole rings is 1. The minimum Gasteiger partial charge on any atom is -0.472 e. The molecular weight excluding hydrogens is 404 g/mol. The first-order chi connectivity index (χ1) is 15.5. The van der Waals surface area contributed by atoms with E-state index in [-0.39, 0.29) is 6.10 Å². The summed E-state index contributed by atoms with van der Waals surface area (Å²) in [5.74, 6) is 1.96. The number of nitrogens with zero attached hydrogens (tertiary/aromatic N) is 7. The van der Waals surface area contributed by atoms with Crippen LogP contribution >= 0.6 is 0 Å². The highest BCUT2D eigenvalue weighted by molar-refractivity contribution is 6.01. The molecule has 0 radical (unpaired) electrons. The lowest BCUT2D eigenvalue weighted by atomic mass is 9.88. The Bertz CT molecular complexity index is 1160. The highest BCUT2D eigenvalue weighted by Gasteiger charge is 2.27. The van der Waals surface area contributed by atoms with Crippen LogP contribution < -0.4 is 10.5 Å². The first-order valence-electron chi connectivity index (χ1n) is 11.2. The Labute approximate surface area is 187 Å². The number of ether oxygens (including phenoxy) is 1. The van der Waals surface area contributed by atoms with Crippen LogP contribution in [0.1, 0.15) is 52.3 Å². The van der Waals surface area contributed by atoms with Gasteiger partial charge in [-0.2, -0.15) is 4.98 Å². The average Bonchev–Trinajstić information content (AvgIpc) is 3.20. The molecular formula is C23H30N8O. The third-order valence-electron chi connectivity index (χ3n) is 5.73. The monoisotopic (exact) mass is 434 g/mol. The molecule has 1 aliphatic rings. The predicted octanol–water partition coefficient (Wildman–Crippen LogP) is 3.63. The highest BCUT2D eigenvalue weighted by atomic mass is 16.5. The summed E-state index contributed by atoms with van der Waals surface area (Å²) in [6.07, 6.45) is 8.28. The van der Waals surface area contributed by atoms with Gasteiger partial charge in [-0.25, -0.2) is 19.9 Å². The smallest absolute Gasteiger partial charge is 0.245 e. The van der Waals surface area contributed by atoms with Crippen molar-refractivity contribution in [2.24, 2.45) is 10.7 Å². The van der Waals surface area contributed by atoms with Crippen LogP contribution in [0.4, 0.5) is 0 Å². The number of allylic oxidation sites excluding steroid dienone is 1. The summed E-state index contributed by atoms with van der Waals surface area (Å²) in [6.45, 7) is 9.50. The minimum absolute atomic E-state index is 0.0399. The van der Waals surface area contributed by atoms with E-state index < -0.39 is 0 Å². The van der Waals surface area contributed by atoms with Crippen LogP contribution in [0, 0.1) is 6.92 Å². The van der Waals surface area contributed by atoms with Crippen molar-refractivity contribution in [2.75, 3.05) is 6.54 Å². The Morgan fingerprint density at radius 1 is 1.19 bits per heavy atom. The highest BCUT2D eigenvalue weighted by Crippen LogP contribution is 2.31. The first-order valence-corrected chi connectivity index (χ1v) is 11.2. The van der Waals surface area contributed by atoms with Gasteiger partial charge in [0.2, 0.25) is 5.88 Å². The Morgan fingerprint density at radius 2 is 1.97 bits per heavy atom. The van der Waals surface area contributed by atoms with Crippen molar-refractivity contribution in [2.45, 2.75) is 66.0 Å². The van der Waals surface area contributed by atoms with Crippen molar-refractivity contribution in [1.29, 1.82) is 0 Å². The zero-order valence-electron chi connectivity index (χ0n) is 19.2. The molecule has 1 unspecified atom stereocenters. The van der Waals surface area contributed by atoms with Gasteiger partial charge in [-0.1, -0.05) is 6.92 Å². The quantitative estimate of drug-likeness (QED) is 0.629. The van der Waals surface area contributed by atoms with E-state index in [0.29, 0.717) is 17.9 Å². The Balaban J connectivity index is 1.68. The molecule has 1 atom stereocenters. The minimum atomic E-state index is -0.0399. The summed E-state index contributed by atoms with van der Waals surface area (Å²) in [7, 11) is 0. The summed E-state index contributed by atoms with van der Waals surface area (Å²) in [6, 6.07) is 0. The molecule has 9 nitrogen and oxygen atoms in total. The van der Waals surface area contributed by atoms with Crippen LogP contribution in [-0.4, -0.2) is 47.8 Å². The SMILES string of the molecule is CCN=C1CCC(Oc2ncnc3c2nc(-c2cnc(C)nc2)n3CC)CC1=C(N)CC. The Morgan fingerprint density at radius 3 is 2.66 bits per heavy atom. The maximum absolute atomic E-state index is 6.38. The van der Waals surface area contributed by atoms with Gasteiger partial charge in [0, 0.05) is 43.3 Å². The third kappa shape index (κ3) is 4.19. The molecule has 2 N–H and O–H groups in total. The van der Waals surface area contributed by atoms with Gasteiger partial charge in [-0.05, 0) is 45.6 Å². The maximum atomic E-state index is 6.38. The molecule has 3 aromatic rings. The van der Waals surface area contributed by atoms with E-state index in [1.165, 1.54) is 6.33 Å². The zero-order chi connectivity index (χ0) is 22.7. The molecule has 1 fully saturated rings. The molecule has 3 aromatic heterocycles. The van der Waals surface area contributed by atoms with Crippen molar-refractivity contribution < 1.29 is 4.74 Å². The number of hydrogen-bond acceptors (Lipinski definition) is 8. The molecule has 168 valence electrons. The van der Waals surface area contributed by atoms with Gasteiger partial charge in [0.25, 0.3) is 0 Å². The molecule has 32 heavy (non-hydrogen) atoms. The van der Waals surface area contributed by atoms with Gasteiger partial charge in [-0.15, -0.1) is 0 Å². The summed E-state index contributed by atoms with van der Waals surface area (Å²) >= 11 is 0. The van der Waals surface area contributed by atoms with Crippen molar-refractivity contribution in [3.05, 3.63) is 35.8 Å². The van der Waals surface area contributed by atoms with E-state index in [0.717, 1.165) is 72.1 Å². The number of nitrogens with two attached hydrogens (primary N) is 1. The van der Waals surface area contributed by atoms with Crippen molar-refractivity contribution in [1.82, 2.24) is 29.5 Å². The Kier molecular flexibility index (Phi) is 6.43. The molecule has 0 aliphatic heterocycles. The van der Waals surface area contributed by atoms with Gasteiger partial charge in [-0.3, -0.25) is 4.99 Å². The number of hydrogen-bond donors (Lipinski definition) is 1. The number of fused-ring (bicyclic) bond motifs is 1. The summed E-state index contributed by atoms with van der Waals surface area (Å²) in [5.41, 5.74) is 11.6. The number of aliphatic imine (C=N–C) groups is 1. The normalized spacial score (nSPS) is 19.5. The van der Waals surface area contributed by atoms with Crippen LogP contribution in [-0.2, 0) is 6.54 Å². The van der Waals surface area contributed by atoms with Gasteiger partial charge in [0.1, 0.15) is 24.1 Å². The van der Waals surface area contributed by atoms with Crippen LogP contribution in [0.2, 0.25) is 0 Å². The number of rotatable bonds is 6. The second-order valence-corrected chi connectivity index (χ2v) is 7.81. The zero-order valence-corrected chi connectivity index (χ0v) is 19.2. The van der Waals surface area contributed by atoms with Gasteiger partial charge in [0.15, 0.2) is 11.2 Å². The lowest BCUT2D eigenvalue weighted by Gasteiger charge is -2.27. The van der Waals surface area contributed by atoms with E-state index in [1.54, 1.807) is 12.4 Å². The molecule has 1 saturated carbocycles. The molecule has 0 saturated heterocycles. The maximum Gasteiger partial charge on any atom is 0.245 e. The molecule has 9 heteroatoms. The van der Waals surface area contributed by atoms with Gasteiger partial charge >= 0.3 is 0 Å². The van der Waals surface area contributed by atoms with Crippen LogP contribution in [0.3, 0.4) is 0 Å². The van der Waals surface area contributed by atoms with Crippen LogP contribution in [0.25, 0.3) is 22.6 Å². The Hall–Kier alpha value is -3.36. The summed E-state index contributed by atoms with van der Waals surface area (Å²) in [4.78, 5) is 27.0. The van der Waals surface area contributed by atoms with E-state index in [4.69, 9.17) is 15.5 Å². The molecule has 4 rings (SSSR count). The number of aromatic nitrogens is 6. The fourth-order valence-electron chi connectivity index (χ4n) is 4.08. The largest absolute Gasteiger partial charge is 0.472 e. The third-order valence-corrected chi connectivity index (χ3v) is 5.73. The van der Waals surface area contributed by atoms with E-state index in [9.17, 15) is 0 Å². The van der Waals surface area contributed by atoms with Gasteiger partial charge in [0.05, 0.1) is 5.56 Å². The number of aryl methyl sites for hydroxylation is 2. The second-order valence-electron chi connectivity index (χ2n) is 7.81. The molecule has 0 aromatic carbocycles. The van der Waals surface area contributed by atoms with Crippen LogP contribution in [0.5, 0.6) is 5.88 Å². The lowest BCUT2D eigenvalue weighted by Crippen LogP contribution is -2.29. The van der Waals surface area contributed by atoms with E-state index in [1.807, 2.05) is 18.4 Å². The first kappa shape index (κ1) is 21.9. The van der Waals surface area contributed by atoms with Crippen molar-refractivity contribution in [3.8, 4) is 17.3 Å². The van der Waals surface area contributed by atoms with Crippen molar-refractivity contribution >= 4 is 16.9 Å². The fraction of sp³-hybridized carbons (Fsp3) is 0.478. The summed E-state index contributed by atoms with van der Waals surface area (Å²) < 4.78 is 8.42. The second kappa shape index (κ2) is 9.42. The molecule has 1 aliphatic carbocycles. The topological polar surface area (TPSA) is 117 Å². The molecule has 0 amide bonds. The van der Waals surface area contributed by atoms with Gasteiger partial charge < -0.3 is 15.0 Å². The predicted molar refractivity (Wildman–Crippen MR) is 125 cm³/mol.